The first kappa shape index (κ1) is 38.7. The molecule has 10 heteroatoms. The molecular weight excluding hydrogens is 610 g/mol. The minimum absolute atomic E-state index is 0.00527. The van der Waals surface area contributed by atoms with E-state index in [0.717, 1.165) is 75.7 Å². The van der Waals surface area contributed by atoms with Crippen LogP contribution in [0.2, 0.25) is 0 Å². The Morgan fingerprint density at radius 3 is 2.21 bits per heavy atom. The Kier molecular flexibility index (Phi) is 15.1. The zero-order valence-corrected chi connectivity index (χ0v) is 29.3. The number of fused-ring (bicyclic) bond motifs is 1. The Labute approximate surface area is 285 Å². The van der Waals surface area contributed by atoms with E-state index in [1.54, 1.807) is 20.8 Å². The lowest BCUT2D eigenvalue weighted by atomic mass is 9.84. The highest BCUT2D eigenvalue weighted by atomic mass is 16.5. The molecule has 2 aliphatic rings. The van der Waals surface area contributed by atoms with Gasteiger partial charge in [-0.15, -0.1) is 0 Å². The fourth-order valence-electron chi connectivity index (χ4n) is 6.76. The Morgan fingerprint density at radius 2 is 1.62 bits per heavy atom. The van der Waals surface area contributed by atoms with Crippen molar-refractivity contribution >= 4 is 24.3 Å². The third-order valence-corrected chi connectivity index (χ3v) is 9.39. The minimum atomic E-state index is -1.13. The molecule has 0 bridgehead atoms. The van der Waals surface area contributed by atoms with Crippen LogP contribution in [0.5, 0.6) is 0 Å². The molecule has 1 atom stereocenters. The molecule has 1 aliphatic heterocycles. The highest BCUT2D eigenvalue weighted by Gasteiger charge is 2.38. The zero-order chi connectivity index (χ0) is 35.3. The summed E-state index contributed by atoms with van der Waals surface area (Å²) in [7, 11) is 0. The first-order valence-electron chi connectivity index (χ1n) is 17.2. The molecular formula is C38H55N3O7. The van der Waals surface area contributed by atoms with Gasteiger partial charge in [-0.3, -0.25) is 19.3 Å². The van der Waals surface area contributed by atoms with E-state index in [9.17, 15) is 19.5 Å². The van der Waals surface area contributed by atoms with Gasteiger partial charge in [0, 0.05) is 36.2 Å². The number of Topliss-reactive ketones (excluding diaryl/α,β-unsaturated/α-hetero) is 1. The summed E-state index contributed by atoms with van der Waals surface area (Å²) in [6.07, 6.45) is 5.90. The van der Waals surface area contributed by atoms with E-state index >= 15 is 0 Å². The van der Waals surface area contributed by atoms with Crippen LogP contribution in [0.25, 0.3) is 0 Å². The monoisotopic (exact) mass is 665 g/mol. The van der Waals surface area contributed by atoms with Gasteiger partial charge in [-0.25, -0.2) is 4.79 Å². The number of carboxylic acid groups (broad SMARTS) is 2. The topological polar surface area (TPSA) is 136 Å². The molecule has 1 fully saturated rings. The van der Waals surface area contributed by atoms with E-state index in [1.807, 2.05) is 50.2 Å². The smallest absolute Gasteiger partial charge is 0.408 e. The molecule has 1 heterocycles. The Bertz CT molecular complexity index is 1330. The zero-order valence-electron chi connectivity index (χ0n) is 29.3. The van der Waals surface area contributed by atoms with Gasteiger partial charge in [0.25, 0.3) is 6.47 Å². The van der Waals surface area contributed by atoms with Gasteiger partial charge < -0.3 is 25.2 Å². The maximum atomic E-state index is 13.6. The first-order valence-corrected chi connectivity index (χ1v) is 17.2. The summed E-state index contributed by atoms with van der Waals surface area (Å²) in [5.74, 6) is 0.559. The van der Waals surface area contributed by atoms with Crippen molar-refractivity contribution < 1.29 is 34.1 Å². The molecule has 0 radical (unpaired) electrons. The van der Waals surface area contributed by atoms with Crippen molar-refractivity contribution in [3.63, 3.8) is 0 Å². The average Bonchev–Trinajstić information content (AvgIpc) is 3.25. The largest absolute Gasteiger partial charge is 0.483 e. The molecule has 48 heavy (non-hydrogen) atoms. The van der Waals surface area contributed by atoms with E-state index in [1.165, 1.54) is 16.0 Å². The van der Waals surface area contributed by atoms with Gasteiger partial charge in [0.2, 0.25) is 5.91 Å². The lowest BCUT2D eigenvalue weighted by Gasteiger charge is -2.39. The van der Waals surface area contributed by atoms with Crippen molar-refractivity contribution in [1.82, 2.24) is 15.1 Å². The van der Waals surface area contributed by atoms with Crippen LogP contribution in [0.3, 0.4) is 0 Å². The van der Waals surface area contributed by atoms with Gasteiger partial charge in [0.05, 0.1) is 13.2 Å². The Hall–Kier alpha value is -3.76. The number of hydrogen-bond donors (Lipinski definition) is 3. The summed E-state index contributed by atoms with van der Waals surface area (Å²) in [6.45, 7) is 12.5. The summed E-state index contributed by atoms with van der Waals surface area (Å²) < 4.78 is 5.89. The molecule has 4 rings (SSSR count). The van der Waals surface area contributed by atoms with Gasteiger partial charge in [-0.05, 0) is 101 Å². The second-order valence-corrected chi connectivity index (χ2v) is 14.3. The number of carbonyl (C=O) groups is 4. The van der Waals surface area contributed by atoms with Gasteiger partial charge in [-0.2, -0.15) is 0 Å². The van der Waals surface area contributed by atoms with E-state index < -0.39 is 17.7 Å². The molecule has 264 valence electrons. The Morgan fingerprint density at radius 1 is 1.00 bits per heavy atom. The van der Waals surface area contributed by atoms with Crippen molar-refractivity contribution in [1.29, 1.82) is 0 Å². The van der Waals surface area contributed by atoms with Crippen LogP contribution in [0, 0.1) is 11.8 Å². The number of ether oxygens (including phenoxy) is 1. The molecule has 0 unspecified atom stereocenters. The summed E-state index contributed by atoms with van der Waals surface area (Å²) in [5.41, 5.74) is 3.73. The van der Waals surface area contributed by atoms with Crippen molar-refractivity contribution in [3.05, 3.63) is 70.8 Å². The normalized spacial score (nSPS) is 18.8. The maximum Gasteiger partial charge on any atom is 0.408 e. The SMILES string of the molecule is CC(C)C(=O)c1ccc2c(c1)CCN(CC[C@H]1CC[C@H](NC(=O)[C@H](COCc3ccccc3)N(C(=O)O)C(C)(C)C)CC1)CC2.O=CO. The van der Waals surface area contributed by atoms with Crippen LogP contribution in [-0.4, -0.2) is 88.1 Å². The summed E-state index contributed by atoms with van der Waals surface area (Å²) >= 11 is 0. The van der Waals surface area contributed by atoms with E-state index in [-0.39, 0.29) is 36.7 Å². The van der Waals surface area contributed by atoms with Crippen LogP contribution < -0.4 is 5.32 Å². The van der Waals surface area contributed by atoms with E-state index in [4.69, 9.17) is 14.6 Å². The predicted octanol–water partition coefficient (Wildman–Crippen LogP) is 6.06. The number of carbonyl (C=O) groups excluding carboxylic acids is 2. The number of nitrogens with one attached hydrogen (secondary N) is 1. The molecule has 10 nitrogen and oxygen atoms in total. The highest BCUT2D eigenvalue weighted by molar-refractivity contribution is 5.97. The molecule has 0 saturated heterocycles. The fourth-order valence-corrected chi connectivity index (χ4v) is 6.76. The quantitative estimate of drug-likeness (QED) is 0.184. The predicted molar refractivity (Wildman–Crippen MR) is 186 cm³/mol. The number of nitrogens with zero attached hydrogens (tertiary/aromatic N) is 2. The number of hydrogen-bond acceptors (Lipinski definition) is 6. The lowest BCUT2D eigenvalue weighted by molar-refractivity contribution is -0.131. The number of benzene rings is 2. The van der Waals surface area contributed by atoms with Crippen LogP contribution in [0.15, 0.2) is 48.5 Å². The third-order valence-electron chi connectivity index (χ3n) is 9.39. The Balaban J connectivity index is 0.00000201. The number of rotatable bonds is 12. The van der Waals surface area contributed by atoms with Crippen LogP contribution >= 0.6 is 0 Å². The molecule has 2 amide bonds. The lowest BCUT2D eigenvalue weighted by Crippen LogP contribution is -2.59. The first-order chi connectivity index (χ1) is 22.8. The summed E-state index contributed by atoms with van der Waals surface area (Å²) in [5, 5.41) is 20.1. The van der Waals surface area contributed by atoms with Crippen LogP contribution in [0.4, 0.5) is 4.79 Å². The third kappa shape index (κ3) is 11.7. The van der Waals surface area contributed by atoms with Gasteiger partial charge in [-0.1, -0.05) is 56.3 Å². The standard InChI is InChI=1S/C37H53N3O5.CH2O2/c1-26(2)34(41)31-14-13-29-18-21-39(22-19-30(29)23-31)20-17-27-11-15-32(16-12-27)38-35(42)33(40(36(43)44)37(3,4)5)25-45-24-28-9-7-6-8-10-28;2-1-3/h6-10,13-14,23,26-27,32-33H,11-12,15-22,24-25H2,1-5H3,(H,38,42)(H,43,44);1H,(H,2,3)/t27-,32-,33-;/m0./s1. The van der Waals surface area contributed by atoms with Crippen LogP contribution in [0.1, 0.15) is 93.8 Å². The van der Waals surface area contributed by atoms with Gasteiger partial charge >= 0.3 is 6.09 Å². The van der Waals surface area contributed by atoms with E-state index in [2.05, 4.69) is 22.3 Å². The van der Waals surface area contributed by atoms with Crippen molar-refractivity contribution in [2.75, 3.05) is 26.2 Å². The van der Waals surface area contributed by atoms with E-state index in [0.29, 0.717) is 12.5 Å². The second kappa shape index (κ2) is 18.7. The molecule has 2 aromatic carbocycles. The highest BCUT2D eigenvalue weighted by Crippen LogP contribution is 2.28. The van der Waals surface area contributed by atoms with Crippen molar-refractivity contribution in [2.45, 2.75) is 104 Å². The summed E-state index contributed by atoms with van der Waals surface area (Å²) in [6, 6.07) is 15.1. The average molecular weight is 666 g/mol. The summed E-state index contributed by atoms with van der Waals surface area (Å²) in [4.78, 5) is 50.5. The van der Waals surface area contributed by atoms with Crippen LogP contribution in [-0.2, 0) is 33.8 Å². The fraction of sp³-hybridized carbons (Fsp3) is 0.579. The van der Waals surface area contributed by atoms with Gasteiger partial charge in [0.15, 0.2) is 5.78 Å². The maximum absolute atomic E-state index is 13.6. The number of ketones is 1. The van der Waals surface area contributed by atoms with Gasteiger partial charge in [0.1, 0.15) is 6.04 Å². The molecule has 0 spiro atoms. The number of amides is 2. The molecule has 0 aromatic heterocycles. The molecule has 3 N–H and O–H groups in total. The van der Waals surface area contributed by atoms with Crippen molar-refractivity contribution in [3.8, 4) is 0 Å². The molecule has 1 aliphatic carbocycles. The molecule has 1 saturated carbocycles. The minimum Gasteiger partial charge on any atom is -0.483 e. The second-order valence-electron chi connectivity index (χ2n) is 14.3. The molecule has 2 aromatic rings. The van der Waals surface area contributed by atoms with Crippen molar-refractivity contribution in [2.24, 2.45) is 11.8 Å².